The molecule has 2 aromatic rings. The first-order chi connectivity index (χ1) is 10.7. The SMILES string of the molecule is CCCN(CC)c1ccc(NC(=O)Nc2cnccn2)cc1. The molecule has 1 aromatic heterocycles. The van der Waals surface area contributed by atoms with Gasteiger partial charge in [-0.25, -0.2) is 9.78 Å². The molecule has 0 aliphatic rings. The van der Waals surface area contributed by atoms with Crippen molar-refractivity contribution < 1.29 is 4.79 Å². The highest BCUT2D eigenvalue weighted by atomic mass is 16.2. The Morgan fingerprint density at radius 1 is 1.14 bits per heavy atom. The van der Waals surface area contributed by atoms with E-state index in [1.807, 2.05) is 24.3 Å². The number of hydrogen-bond donors (Lipinski definition) is 2. The molecule has 0 unspecified atom stereocenters. The van der Waals surface area contributed by atoms with Crippen molar-refractivity contribution in [3.8, 4) is 0 Å². The maximum Gasteiger partial charge on any atom is 0.324 e. The Labute approximate surface area is 130 Å². The molecule has 0 radical (unpaired) electrons. The molecular weight excluding hydrogens is 278 g/mol. The fraction of sp³-hybridized carbons (Fsp3) is 0.312. The maximum absolute atomic E-state index is 11.9. The number of urea groups is 1. The van der Waals surface area contributed by atoms with Crippen molar-refractivity contribution in [2.75, 3.05) is 28.6 Å². The van der Waals surface area contributed by atoms with E-state index < -0.39 is 0 Å². The summed E-state index contributed by atoms with van der Waals surface area (Å²) in [5.41, 5.74) is 1.89. The van der Waals surface area contributed by atoms with Crippen molar-refractivity contribution in [3.05, 3.63) is 42.9 Å². The summed E-state index contributed by atoms with van der Waals surface area (Å²) in [4.78, 5) is 22.0. The van der Waals surface area contributed by atoms with E-state index in [0.29, 0.717) is 5.82 Å². The highest BCUT2D eigenvalue weighted by molar-refractivity contribution is 5.99. The second-order valence-corrected chi connectivity index (χ2v) is 4.80. The Balaban J connectivity index is 1.94. The lowest BCUT2D eigenvalue weighted by Crippen LogP contribution is -2.23. The molecule has 6 heteroatoms. The minimum absolute atomic E-state index is 0.339. The van der Waals surface area contributed by atoms with Gasteiger partial charge < -0.3 is 10.2 Å². The van der Waals surface area contributed by atoms with Gasteiger partial charge in [-0.3, -0.25) is 10.3 Å². The molecule has 0 bridgehead atoms. The molecule has 22 heavy (non-hydrogen) atoms. The predicted octanol–water partition coefficient (Wildman–Crippen LogP) is 3.36. The van der Waals surface area contributed by atoms with Gasteiger partial charge in [-0.15, -0.1) is 0 Å². The maximum atomic E-state index is 11.9. The molecule has 116 valence electrons. The zero-order chi connectivity index (χ0) is 15.8. The topological polar surface area (TPSA) is 70.2 Å². The number of benzene rings is 1. The van der Waals surface area contributed by atoms with E-state index in [0.717, 1.165) is 30.9 Å². The lowest BCUT2D eigenvalue weighted by Gasteiger charge is -2.22. The van der Waals surface area contributed by atoms with E-state index in [1.54, 1.807) is 6.20 Å². The van der Waals surface area contributed by atoms with Gasteiger partial charge in [0.05, 0.1) is 6.20 Å². The number of nitrogens with zero attached hydrogens (tertiary/aromatic N) is 3. The summed E-state index contributed by atoms with van der Waals surface area (Å²) >= 11 is 0. The third-order valence-electron chi connectivity index (χ3n) is 3.17. The number of rotatable bonds is 6. The second kappa shape index (κ2) is 7.97. The summed E-state index contributed by atoms with van der Waals surface area (Å²) in [6, 6.07) is 7.47. The standard InChI is InChI=1S/C16H21N5O/c1-3-11-21(4-2)14-7-5-13(6-8-14)19-16(22)20-15-12-17-9-10-18-15/h5-10,12H,3-4,11H2,1-2H3,(H2,18,19,20,22). The number of amides is 2. The zero-order valence-electron chi connectivity index (χ0n) is 12.9. The van der Waals surface area contributed by atoms with Crippen LogP contribution in [-0.4, -0.2) is 29.1 Å². The van der Waals surface area contributed by atoms with Gasteiger partial charge in [0.1, 0.15) is 0 Å². The van der Waals surface area contributed by atoms with E-state index >= 15 is 0 Å². The largest absolute Gasteiger partial charge is 0.372 e. The quantitative estimate of drug-likeness (QED) is 0.858. The Kier molecular flexibility index (Phi) is 5.71. The Morgan fingerprint density at radius 2 is 1.91 bits per heavy atom. The van der Waals surface area contributed by atoms with Crippen LogP contribution < -0.4 is 15.5 Å². The van der Waals surface area contributed by atoms with Crippen molar-refractivity contribution in [1.29, 1.82) is 0 Å². The van der Waals surface area contributed by atoms with Gasteiger partial charge in [-0.05, 0) is 37.6 Å². The molecule has 1 heterocycles. The molecule has 2 N–H and O–H groups in total. The van der Waals surface area contributed by atoms with Crippen LogP contribution in [0.25, 0.3) is 0 Å². The van der Waals surface area contributed by atoms with Gasteiger partial charge in [-0.2, -0.15) is 0 Å². The highest BCUT2D eigenvalue weighted by Gasteiger charge is 2.05. The highest BCUT2D eigenvalue weighted by Crippen LogP contribution is 2.18. The molecule has 1 aromatic carbocycles. The fourth-order valence-electron chi connectivity index (χ4n) is 2.14. The van der Waals surface area contributed by atoms with Crippen LogP contribution in [0, 0.1) is 0 Å². The van der Waals surface area contributed by atoms with Gasteiger partial charge in [0.2, 0.25) is 0 Å². The molecule has 0 aliphatic heterocycles. The molecule has 0 spiro atoms. The summed E-state index contributed by atoms with van der Waals surface area (Å²) in [5, 5.41) is 5.40. The van der Waals surface area contributed by atoms with Crippen LogP contribution >= 0.6 is 0 Å². The van der Waals surface area contributed by atoms with Crippen molar-refractivity contribution in [2.45, 2.75) is 20.3 Å². The molecule has 0 saturated carbocycles. The first-order valence-electron chi connectivity index (χ1n) is 7.42. The van der Waals surface area contributed by atoms with Crippen molar-refractivity contribution >= 4 is 23.2 Å². The third-order valence-corrected chi connectivity index (χ3v) is 3.17. The molecule has 2 amide bonds. The monoisotopic (exact) mass is 299 g/mol. The number of carbonyl (C=O) groups is 1. The lowest BCUT2D eigenvalue weighted by atomic mass is 10.2. The third kappa shape index (κ3) is 4.44. The summed E-state index contributed by atoms with van der Waals surface area (Å²) in [6.45, 7) is 6.29. The van der Waals surface area contributed by atoms with Gasteiger partial charge in [0.25, 0.3) is 0 Å². The van der Waals surface area contributed by atoms with Crippen molar-refractivity contribution in [2.24, 2.45) is 0 Å². The van der Waals surface area contributed by atoms with Crippen molar-refractivity contribution in [1.82, 2.24) is 9.97 Å². The van der Waals surface area contributed by atoms with Gasteiger partial charge in [0, 0.05) is 36.9 Å². The summed E-state index contributed by atoms with van der Waals surface area (Å²) < 4.78 is 0. The molecular formula is C16H21N5O. The average molecular weight is 299 g/mol. The van der Waals surface area contributed by atoms with Gasteiger partial charge >= 0.3 is 6.03 Å². The zero-order valence-corrected chi connectivity index (χ0v) is 12.9. The van der Waals surface area contributed by atoms with Crippen LogP contribution in [0.5, 0.6) is 0 Å². The van der Waals surface area contributed by atoms with Gasteiger partial charge in [-0.1, -0.05) is 6.92 Å². The van der Waals surface area contributed by atoms with E-state index in [2.05, 4.69) is 39.3 Å². The van der Waals surface area contributed by atoms with Crippen LogP contribution in [0.4, 0.5) is 22.0 Å². The minimum Gasteiger partial charge on any atom is -0.372 e. The number of nitrogens with one attached hydrogen (secondary N) is 2. The number of aromatic nitrogens is 2. The van der Waals surface area contributed by atoms with Crippen LogP contribution in [0.1, 0.15) is 20.3 Å². The minimum atomic E-state index is -0.339. The van der Waals surface area contributed by atoms with Crippen LogP contribution in [0.2, 0.25) is 0 Å². The summed E-state index contributed by atoms with van der Waals surface area (Å²) in [5.74, 6) is 0.414. The second-order valence-electron chi connectivity index (χ2n) is 4.80. The molecule has 0 fully saturated rings. The van der Waals surface area contributed by atoms with E-state index in [9.17, 15) is 4.79 Å². The van der Waals surface area contributed by atoms with Crippen molar-refractivity contribution in [3.63, 3.8) is 0 Å². The molecule has 2 rings (SSSR count). The fourth-order valence-corrected chi connectivity index (χ4v) is 2.14. The molecule has 0 saturated heterocycles. The van der Waals surface area contributed by atoms with E-state index in [1.165, 1.54) is 12.4 Å². The van der Waals surface area contributed by atoms with Crippen LogP contribution in [-0.2, 0) is 0 Å². The number of hydrogen-bond acceptors (Lipinski definition) is 4. The molecule has 6 nitrogen and oxygen atoms in total. The van der Waals surface area contributed by atoms with E-state index in [4.69, 9.17) is 0 Å². The van der Waals surface area contributed by atoms with Crippen LogP contribution in [0.15, 0.2) is 42.9 Å². The van der Waals surface area contributed by atoms with Gasteiger partial charge in [0.15, 0.2) is 5.82 Å². The number of anilines is 3. The average Bonchev–Trinajstić information content (AvgIpc) is 2.54. The molecule has 0 atom stereocenters. The Bertz CT molecular complexity index is 585. The first kappa shape index (κ1) is 15.8. The predicted molar refractivity (Wildman–Crippen MR) is 89.3 cm³/mol. The normalized spacial score (nSPS) is 10.1. The smallest absolute Gasteiger partial charge is 0.324 e. The lowest BCUT2D eigenvalue weighted by molar-refractivity contribution is 0.262. The Morgan fingerprint density at radius 3 is 2.50 bits per heavy atom. The van der Waals surface area contributed by atoms with E-state index in [-0.39, 0.29) is 6.03 Å². The van der Waals surface area contributed by atoms with Crippen LogP contribution in [0.3, 0.4) is 0 Å². The first-order valence-corrected chi connectivity index (χ1v) is 7.42. The summed E-state index contributed by atoms with van der Waals surface area (Å²) in [6.07, 6.45) is 5.68. The summed E-state index contributed by atoms with van der Waals surface area (Å²) in [7, 11) is 0. The number of carbonyl (C=O) groups excluding carboxylic acids is 1. The molecule has 0 aliphatic carbocycles. The Hall–Kier alpha value is -2.63.